The highest BCUT2D eigenvalue weighted by atomic mass is 19.4. The number of carbonyl (C=O) groups excluding carboxylic acids is 2. The number of hydrogen-bond acceptors (Lipinski definition) is 12. The summed E-state index contributed by atoms with van der Waals surface area (Å²) < 4.78 is 144. The number of nitrogen functional groups attached to an aromatic ring is 1. The number of carbonyl (C=O) groups is 2. The van der Waals surface area contributed by atoms with E-state index < -0.39 is 89.5 Å². The third-order valence-electron chi connectivity index (χ3n) is 8.97. The number of nitrogens with zero attached hydrogens (tertiary/aromatic N) is 4. The molecule has 0 unspecified atom stereocenters. The molecule has 0 fully saturated rings. The van der Waals surface area contributed by atoms with Crippen LogP contribution in [0.15, 0.2) is 107 Å². The normalized spacial score (nSPS) is 12.5. The Balaban J connectivity index is 0.000000213. The van der Waals surface area contributed by atoms with Gasteiger partial charge < -0.3 is 24.7 Å². The molecule has 0 saturated heterocycles. The Kier molecular flexibility index (Phi) is 13.3. The van der Waals surface area contributed by atoms with Crippen LogP contribution in [0.1, 0.15) is 68.2 Å². The summed E-state index contributed by atoms with van der Waals surface area (Å²) in [6.07, 6.45) is -6.49. The van der Waals surface area contributed by atoms with Crippen molar-refractivity contribution in [2.24, 2.45) is 0 Å². The van der Waals surface area contributed by atoms with E-state index in [4.69, 9.17) is 10.2 Å². The van der Waals surface area contributed by atoms with E-state index in [1.165, 1.54) is 30.6 Å². The largest absolute Gasteiger partial charge is 0.573 e. The zero-order valence-electron chi connectivity index (χ0n) is 31.8. The van der Waals surface area contributed by atoms with Crippen LogP contribution >= 0.6 is 0 Å². The molecule has 64 heavy (non-hydrogen) atoms. The van der Waals surface area contributed by atoms with Crippen molar-refractivity contribution >= 4 is 28.4 Å². The molecule has 2 atom stereocenters. The summed E-state index contributed by atoms with van der Waals surface area (Å²) in [5, 5.41) is 9.44. The lowest BCUT2D eigenvalue weighted by atomic mass is 9.89. The Morgan fingerprint density at radius 3 is 1.58 bits per heavy atom. The summed E-state index contributed by atoms with van der Waals surface area (Å²) in [5.74, 6) is -11.1. The zero-order chi connectivity index (χ0) is 46.5. The first-order valence-electron chi connectivity index (χ1n) is 18.0. The van der Waals surface area contributed by atoms with Crippen LogP contribution in [-0.2, 0) is 0 Å². The minimum atomic E-state index is -5.11. The van der Waals surface area contributed by atoms with Crippen LogP contribution in [0.2, 0.25) is 0 Å². The molecule has 0 saturated carbocycles. The number of aromatic hydroxyl groups is 1. The second-order valence-electron chi connectivity index (χ2n) is 13.3. The molecule has 0 spiro atoms. The van der Waals surface area contributed by atoms with Crippen LogP contribution in [-0.4, -0.2) is 54.3 Å². The highest BCUT2D eigenvalue weighted by Crippen LogP contribution is 2.36. The van der Waals surface area contributed by atoms with Gasteiger partial charge in [0.1, 0.15) is 23.0 Å². The number of hydrogen-bond donors (Lipinski definition) is 3. The molecule has 0 bridgehead atoms. The number of halogens is 10. The molecule has 13 nitrogen and oxygen atoms in total. The van der Waals surface area contributed by atoms with Crippen molar-refractivity contribution in [2.75, 3.05) is 5.73 Å². The zero-order valence-corrected chi connectivity index (χ0v) is 31.8. The molecular formula is C41H26F10N6O7. The number of ether oxygens (including phenoxy) is 2. The highest BCUT2D eigenvalue weighted by molar-refractivity contribution is 5.97. The summed E-state index contributed by atoms with van der Waals surface area (Å²) >= 11 is 0. The highest BCUT2D eigenvalue weighted by Gasteiger charge is 2.34. The average molecular weight is 905 g/mol. The summed E-state index contributed by atoms with van der Waals surface area (Å²) in [7, 11) is 0. The van der Waals surface area contributed by atoms with Gasteiger partial charge in [-0.1, -0.05) is 12.1 Å². The van der Waals surface area contributed by atoms with E-state index in [0.29, 0.717) is 6.07 Å². The number of Topliss-reactive ketones (excluding diaryl/α,β-unsaturated/α-hetero) is 2. The van der Waals surface area contributed by atoms with Gasteiger partial charge in [0.05, 0.1) is 35.0 Å². The molecule has 5 aromatic heterocycles. The maximum absolute atomic E-state index is 14.5. The second-order valence-corrected chi connectivity index (χ2v) is 13.3. The Bertz CT molecular complexity index is 2910. The molecule has 4 N–H and O–H groups in total. The number of pyridine rings is 4. The summed E-state index contributed by atoms with van der Waals surface area (Å²) in [6, 6.07) is 12.2. The van der Waals surface area contributed by atoms with Crippen molar-refractivity contribution < 1.29 is 72.5 Å². The number of benzene rings is 2. The lowest BCUT2D eigenvalue weighted by Crippen LogP contribution is -2.18. The number of oxazole rings is 1. The van der Waals surface area contributed by atoms with E-state index in [0.717, 1.165) is 60.9 Å². The topological polar surface area (TPSA) is 196 Å². The summed E-state index contributed by atoms with van der Waals surface area (Å²) in [4.78, 5) is 54.8. The van der Waals surface area contributed by atoms with Gasteiger partial charge in [0.15, 0.2) is 46.0 Å². The van der Waals surface area contributed by atoms with Crippen LogP contribution < -0.4 is 21.0 Å². The molecular weight excluding hydrogens is 878 g/mol. The predicted octanol–water partition coefficient (Wildman–Crippen LogP) is 8.84. The van der Waals surface area contributed by atoms with Gasteiger partial charge in [-0.3, -0.25) is 24.5 Å². The third-order valence-corrected chi connectivity index (χ3v) is 8.97. The molecule has 0 aliphatic carbocycles. The number of fused-ring (bicyclic) bond motifs is 1. The lowest BCUT2D eigenvalue weighted by Gasteiger charge is -2.18. The van der Waals surface area contributed by atoms with Crippen molar-refractivity contribution in [3.63, 3.8) is 0 Å². The Morgan fingerprint density at radius 2 is 1.14 bits per heavy atom. The van der Waals surface area contributed by atoms with Crippen molar-refractivity contribution in [2.45, 2.75) is 37.4 Å². The molecule has 0 radical (unpaired) electrons. The maximum Gasteiger partial charge on any atom is 0.573 e. The first-order valence-corrected chi connectivity index (χ1v) is 18.0. The second kappa shape index (κ2) is 18.6. The minimum absolute atomic E-state index is 0.00855. The van der Waals surface area contributed by atoms with Crippen molar-refractivity contribution in [1.29, 1.82) is 0 Å². The van der Waals surface area contributed by atoms with Gasteiger partial charge in [-0.15, -0.1) is 26.3 Å². The van der Waals surface area contributed by atoms with E-state index in [1.54, 1.807) is 0 Å². The van der Waals surface area contributed by atoms with Gasteiger partial charge in [0, 0.05) is 37.1 Å². The first kappa shape index (κ1) is 45.7. The lowest BCUT2D eigenvalue weighted by molar-refractivity contribution is -0.276. The maximum atomic E-state index is 14.5. The third kappa shape index (κ3) is 11.3. The molecule has 7 rings (SSSR count). The van der Waals surface area contributed by atoms with Gasteiger partial charge in [-0.25, -0.2) is 32.3 Å². The number of aromatic nitrogens is 5. The smallest absolute Gasteiger partial charge is 0.504 e. The van der Waals surface area contributed by atoms with E-state index >= 15 is 0 Å². The van der Waals surface area contributed by atoms with Crippen LogP contribution in [0.4, 0.5) is 49.6 Å². The summed E-state index contributed by atoms with van der Waals surface area (Å²) in [5.41, 5.74) is 5.07. The van der Waals surface area contributed by atoms with E-state index in [1.807, 2.05) is 0 Å². The number of ketones is 2. The SMILES string of the molecule is Nc1cc(C(=O)C[C@@H](c2ccc(OC(F)(F)F)c(F)c2)c2ncccc2F)ncc1O.O=C(C[C@@H](c1ccc(OC(F)(F)F)c(F)c1)c1ncccc1F)c1cc2[nH]c(=O)oc2cn1. The molecule has 0 aliphatic heterocycles. The number of rotatable bonds is 12. The van der Waals surface area contributed by atoms with Gasteiger partial charge in [0.25, 0.3) is 0 Å². The van der Waals surface area contributed by atoms with Gasteiger partial charge in [-0.2, -0.15) is 0 Å². The van der Waals surface area contributed by atoms with Gasteiger partial charge in [0.2, 0.25) is 0 Å². The molecule has 332 valence electrons. The Hall–Kier alpha value is -7.85. The van der Waals surface area contributed by atoms with Crippen LogP contribution in [0, 0.1) is 23.3 Å². The first-order chi connectivity index (χ1) is 30.2. The summed E-state index contributed by atoms with van der Waals surface area (Å²) in [6.45, 7) is 0. The van der Waals surface area contributed by atoms with E-state index in [9.17, 15) is 63.4 Å². The van der Waals surface area contributed by atoms with Gasteiger partial charge in [-0.05, 0) is 71.8 Å². The molecule has 0 aliphatic rings. The quantitative estimate of drug-likeness (QED) is 0.0780. The fraction of sp³-hybridized carbons (Fsp3) is 0.146. The fourth-order valence-electron chi connectivity index (χ4n) is 6.14. The minimum Gasteiger partial charge on any atom is -0.504 e. The number of nitrogens with one attached hydrogen (secondary N) is 1. The Labute approximate surface area is 351 Å². The van der Waals surface area contributed by atoms with Crippen molar-refractivity contribution in [3.8, 4) is 17.2 Å². The number of alkyl halides is 6. The van der Waals surface area contributed by atoms with Crippen LogP contribution in [0.25, 0.3) is 11.1 Å². The number of aromatic amines is 1. The van der Waals surface area contributed by atoms with Crippen LogP contribution in [0.5, 0.6) is 17.2 Å². The number of nitrogens with two attached hydrogens (primary N) is 1. The Morgan fingerprint density at radius 1 is 0.672 bits per heavy atom. The monoisotopic (exact) mass is 904 g/mol. The molecule has 23 heteroatoms. The molecule has 2 aromatic carbocycles. The number of H-pyrrole nitrogens is 1. The molecule has 7 aromatic rings. The molecule has 5 heterocycles. The fourth-order valence-corrected chi connectivity index (χ4v) is 6.14. The average Bonchev–Trinajstić information content (AvgIpc) is 3.61. The van der Waals surface area contributed by atoms with Gasteiger partial charge >= 0.3 is 18.5 Å². The predicted molar refractivity (Wildman–Crippen MR) is 201 cm³/mol. The standard InChI is InChI=1S/C21H12F5N3O4.C20H14F5N3O3/c22-12-2-1-5-27-19(12)11(10-3-4-17(13(23)6-10)33-21(24,25)26)7-16(30)14-8-15-18(9-28-14)32-20(31)29-15;21-12-2-1-5-27-19(12)11(7-16(29)15-8-14(26)17(30)9-28-15)10-3-4-18(13(22)6-10)31-20(23,24)25/h1-6,8-9,11H,7H2,(H,29,31);1-6,8-9,11,30H,7H2,(H2,26,28)/t2*11-/m00/s1. The van der Waals surface area contributed by atoms with Crippen molar-refractivity contribution in [1.82, 2.24) is 24.9 Å². The van der Waals surface area contributed by atoms with E-state index in [2.05, 4.69) is 34.4 Å². The van der Waals surface area contributed by atoms with E-state index in [-0.39, 0.29) is 56.4 Å². The molecule has 0 amide bonds. The van der Waals surface area contributed by atoms with Crippen LogP contribution in [0.3, 0.4) is 0 Å². The van der Waals surface area contributed by atoms with Crippen molar-refractivity contribution in [3.05, 3.63) is 165 Å². The number of anilines is 1.